The first-order valence-corrected chi connectivity index (χ1v) is 8.06. The molecule has 1 saturated heterocycles. The molecular formula is C16H16N8O2. The van der Waals surface area contributed by atoms with Crippen LogP contribution in [0.15, 0.2) is 43.0 Å². The van der Waals surface area contributed by atoms with Crippen LogP contribution in [0.4, 0.5) is 4.79 Å². The maximum absolute atomic E-state index is 11.9. The van der Waals surface area contributed by atoms with Crippen LogP contribution >= 0.6 is 0 Å². The molecule has 26 heavy (non-hydrogen) atoms. The van der Waals surface area contributed by atoms with E-state index in [9.17, 15) is 9.59 Å². The van der Waals surface area contributed by atoms with Crippen molar-refractivity contribution in [3.8, 4) is 0 Å². The van der Waals surface area contributed by atoms with E-state index in [1.54, 1.807) is 15.7 Å². The van der Waals surface area contributed by atoms with Crippen LogP contribution < -0.4 is 5.32 Å². The molecule has 0 bridgehead atoms. The molecule has 2 aromatic heterocycles. The summed E-state index contributed by atoms with van der Waals surface area (Å²) in [6.45, 7) is 0.929. The lowest BCUT2D eigenvalue weighted by atomic mass is 10.2. The second-order valence-corrected chi connectivity index (χ2v) is 5.82. The normalized spacial score (nSPS) is 14.1. The van der Waals surface area contributed by atoms with Crippen molar-refractivity contribution >= 4 is 11.9 Å². The third kappa shape index (κ3) is 3.29. The van der Waals surface area contributed by atoms with Gasteiger partial charge in [-0.05, 0) is 5.56 Å². The van der Waals surface area contributed by atoms with Gasteiger partial charge in [0, 0.05) is 0 Å². The lowest BCUT2D eigenvalue weighted by molar-refractivity contribution is -0.125. The molecule has 1 fully saturated rings. The van der Waals surface area contributed by atoms with Gasteiger partial charge in [0.15, 0.2) is 5.82 Å². The molecule has 3 heterocycles. The minimum Gasteiger partial charge on any atom is -0.329 e. The van der Waals surface area contributed by atoms with Crippen LogP contribution in [0.3, 0.4) is 0 Å². The highest BCUT2D eigenvalue weighted by atomic mass is 16.2. The van der Waals surface area contributed by atoms with Crippen molar-refractivity contribution in [3.05, 3.63) is 60.2 Å². The van der Waals surface area contributed by atoms with Crippen molar-refractivity contribution in [1.82, 2.24) is 39.7 Å². The van der Waals surface area contributed by atoms with Gasteiger partial charge in [0.2, 0.25) is 5.91 Å². The smallest absolute Gasteiger partial charge is 0.325 e. The number of imide groups is 1. The lowest BCUT2D eigenvalue weighted by Gasteiger charge is -2.12. The Morgan fingerprint density at radius 1 is 1.08 bits per heavy atom. The molecule has 132 valence electrons. The molecule has 1 aromatic carbocycles. The zero-order chi connectivity index (χ0) is 17.9. The fraction of sp³-hybridized carbons (Fsp3) is 0.250. The number of hydrogen-bond donors (Lipinski definition) is 1. The van der Waals surface area contributed by atoms with Crippen molar-refractivity contribution < 1.29 is 9.59 Å². The van der Waals surface area contributed by atoms with Crippen LogP contribution in [-0.4, -0.2) is 52.9 Å². The number of aromatic nitrogens is 6. The number of amides is 3. The zero-order valence-corrected chi connectivity index (χ0v) is 13.8. The number of carbonyl (C=O) groups is 2. The highest BCUT2D eigenvalue weighted by Gasteiger charge is 2.30. The number of benzene rings is 1. The molecular weight excluding hydrogens is 336 g/mol. The van der Waals surface area contributed by atoms with Gasteiger partial charge < -0.3 is 5.32 Å². The fourth-order valence-corrected chi connectivity index (χ4v) is 2.71. The van der Waals surface area contributed by atoms with E-state index in [4.69, 9.17) is 0 Å². The molecule has 0 aliphatic carbocycles. The number of hydrogen-bond acceptors (Lipinski definition) is 6. The summed E-state index contributed by atoms with van der Waals surface area (Å²) >= 11 is 0. The van der Waals surface area contributed by atoms with Gasteiger partial charge in [0.05, 0.1) is 19.6 Å². The van der Waals surface area contributed by atoms with Gasteiger partial charge >= 0.3 is 6.03 Å². The Morgan fingerprint density at radius 3 is 2.62 bits per heavy atom. The van der Waals surface area contributed by atoms with E-state index in [2.05, 4.69) is 25.5 Å². The first kappa shape index (κ1) is 15.9. The van der Waals surface area contributed by atoms with Crippen LogP contribution in [0.5, 0.6) is 0 Å². The molecule has 0 unspecified atom stereocenters. The predicted molar refractivity (Wildman–Crippen MR) is 88.6 cm³/mol. The largest absolute Gasteiger partial charge is 0.329 e. The summed E-state index contributed by atoms with van der Waals surface area (Å²) in [7, 11) is 0. The molecule has 0 radical (unpaired) electrons. The summed E-state index contributed by atoms with van der Waals surface area (Å²) in [6.07, 6.45) is 3.02. The Balaban J connectivity index is 1.62. The van der Waals surface area contributed by atoms with E-state index in [1.165, 1.54) is 6.33 Å². The molecule has 3 amide bonds. The second kappa shape index (κ2) is 6.75. The van der Waals surface area contributed by atoms with Gasteiger partial charge in [-0.25, -0.2) is 24.1 Å². The van der Waals surface area contributed by atoms with Gasteiger partial charge in [0.1, 0.15) is 25.0 Å². The second-order valence-electron chi connectivity index (χ2n) is 5.82. The van der Waals surface area contributed by atoms with Crippen molar-refractivity contribution in [2.45, 2.75) is 19.6 Å². The number of nitrogens with one attached hydrogen (secondary N) is 1. The van der Waals surface area contributed by atoms with Gasteiger partial charge in [0.25, 0.3) is 0 Å². The van der Waals surface area contributed by atoms with Crippen LogP contribution in [0.1, 0.15) is 17.2 Å². The number of rotatable bonds is 6. The monoisotopic (exact) mass is 352 g/mol. The fourth-order valence-electron chi connectivity index (χ4n) is 2.71. The summed E-state index contributed by atoms with van der Waals surface area (Å²) in [6, 6.07) is 9.38. The van der Waals surface area contributed by atoms with Crippen molar-refractivity contribution in [2.24, 2.45) is 0 Å². The number of nitrogens with zero attached hydrogens (tertiary/aromatic N) is 7. The predicted octanol–water partition coefficient (Wildman–Crippen LogP) is 0.0180. The minimum absolute atomic E-state index is 0.0114. The summed E-state index contributed by atoms with van der Waals surface area (Å²) in [5.41, 5.74) is 1.04. The molecule has 0 saturated carbocycles. The third-order valence-corrected chi connectivity index (χ3v) is 3.97. The average Bonchev–Trinajstić information content (AvgIpc) is 3.35. The minimum atomic E-state index is -0.415. The highest BCUT2D eigenvalue weighted by molar-refractivity contribution is 6.01. The molecule has 1 N–H and O–H groups in total. The molecule has 1 aliphatic heterocycles. The summed E-state index contributed by atoms with van der Waals surface area (Å²) in [5, 5.41) is 11.1. The van der Waals surface area contributed by atoms with Crippen LogP contribution in [0.25, 0.3) is 0 Å². The third-order valence-electron chi connectivity index (χ3n) is 3.97. The number of urea groups is 1. The SMILES string of the molecule is O=C1CNC(=O)N1Cc1nc(Cn2cncn2)nn1Cc1ccccc1. The van der Waals surface area contributed by atoms with Crippen LogP contribution in [0, 0.1) is 0 Å². The Morgan fingerprint density at radius 2 is 1.92 bits per heavy atom. The van der Waals surface area contributed by atoms with E-state index in [-0.39, 0.29) is 19.0 Å². The molecule has 0 spiro atoms. The Bertz CT molecular complexity index is 903. The van der Waals surface area contributed by atoms with Crippen molar-refractivity contribution in [3.63, 3.8) is 0 Å². The molecule has 3 aromatic rings. The van der Waals surface area contributed by atoms with Crippen LogP contribution in [-0.2, 0) is 24.4 Å². The maximum Gasteiger partial charge on any atom is 0.325 e. The average molecular weight is 352 g/mol. The summed E-state index contributed by atoms with van der Waals surface area (Å²) in [4.78, 5) is 33.3. The lowest BCUT2D eigenvalue weighted by Crippen LogP contribution is -2.31. The summed E-state index contributed by atoms with van der Waals surface area (Å²) in [5.74, 6) is 0.796. The van der Waals surface area contributed by atoms with Crippen LogP contribution in [0.2, 0.25) is 0 Å². The van der Waals surface area contributed by atoms with E-state index in [1.807, 2.05) is 30.3 Å². The molecule has 1 aliphatic rings. The Labute approximate surface area is 148 Å². The van der Waals surface area contributed by atoms with Gasteiger partial charge in [-0.15, -0.1) is 0 Å². The van der Waals surface area contributed by atoms with E-state index in [0.717, 1.165) is 10.5 Å². The highest BCUT2D eigenvalue weighted by Crippen LogP contribution is 2.11. The van der Waals surface area contributed by atoms with E-state index < -0.39 is 6.03 Å². The molecule has 4 rings (SSSR count). The summed E-state index contributed by atoms with van der Waals surface area (Å²) < 4.78 is 3.32. The quantitative estimate of drug-likeness (QED) is 0.626. The van der Waals surface area contributed by atoms with Crippen molar-refractivity contribution in [2.75, 3.05) is 6.54 Å². The molecule has 0 atom stereocenters. The van der Waals surface area contributed by atoms with Gasteiger partial charge in [-0.3, -0.25) is 9.69 Å². The Kier molecular flexibility index (Phi) is 4.14. The standard InChI is InChI=1S/C16H16N8O2/c25-15-6-18-16(26)23(15)9-14-20-13(8-22-11-17-10-19-22)21-24(14)7-12-4-2-1-3-5-12/h1-5,10-11H,6-9H2,(H,18,26). The van der Waals surface area contributed by atoms with Gasteiger partial charge in [-0.2, -0.15) is 10.2 Å². The topological polar surface area (TPSA) is 111 Å². The number of carbonyl (C=O) groups excluding carboxylic acids is 2. The maximum atomic E-state index is 11.9. The molecule has 10 heteroatoms. The van der Waals surface area contributed by atoms with E-state index in [0.29, 0.717) is 24.7 Å². The first-order chi connectivity index (χ1) is 12.7. The first-order valence-electron chi connectivity index (χ1n) is 8.06. The van der Waals surface area contributed by atoms with Gasteiger partial charge in [-0.1, -0.05) is 30.3 Å². The van der Waals surface area contributed by atoms with E-state index >= 15 is 0 Å². The zero-order valence-electron chi connectivity index (χ0n) is 13.8. The van der Waals surface area contributed by atoms with Crippen molar-refractivity contribution in [1.29, 1.82) is 0 Å². The molecule has 10 nitrogen and oxygen atoms in total. The Hall–Kier alpha value is -3.56.